The molecular weight excluding hydrogens is 246 g/mol. The van der Waals surface area contributed by atoms with Gasteiger partial charge in [0.05, 0.1) is 11.4 Å². The zero-order valence-electron chi connectivity index (χ0n) is 10.1. The fourth-order valence-electron chi connectivity index (χ4n) is 1.58. The maximum Gasteiger partial charge on any atom is 0.251 e. The molecular formula is C13H15N3OS. The number of rotatable bonds is 4. The SMILES string of the molecule is CCSCc1nc(-c2ccc(N)cc2)cc(=O)[nH]1. The highest BCUT2D eigenvalue weighted by Gasteiger charge is 2.04. The van der Waals surface area contributed by atoms with Gasteiger partial charge in [-0.3, -0.25) is 4.79 Å². The molecule has 0 atom stereocenters. The van der Waals surface area contributed by atoms with Crippen molar-refractivity contribution in [1.82, 2.24) is 9.97 Å². The van der Waals surface area contributed by atoms with Crippen molar-refractivity contribution in [2.24, 2.45) is 0 Å². The third-order valence-electron chi connectivity index (χ3n) is 2.44. The molecule has 0 bridgehead atoms. The predicted molar refractivity (Wildman–Crippen MR) is 76.5 cm³/mol. The number of anilines is 1. The molecule has 3 N–H and O–H groups in total. The van der Waals surface area contributed by atoms with Crippen molar-refractivity contribution in [3.05, 3.63) is 46.5 Å². The van der Waals surface area contributed by atoms with Gasteiger partial charge in [0.25, 0.3) is 5.56 Å². The molecule has 1 aromatic heterocycles. The quantitative estimate of drug-likeness (QED) is 0.828. The first kappa shape index (κ1) is 12.7. The summed E-state index contributed by atoms with van der Waals surface area (Å²) in [5.74, 6) is 2.42. The van der Waals surface area contributed by atoms with Gasteiger partial charge >= 0.3 is 0 Å². The molecule has 0 spiro atoms. The van der Waals surface area contributed by atoms with Crippen molar-refractivity contribution in [1.29, 1.82) is 0 Å². The zero-order valence-corrected chi connectivity index (χ0v) is 11.0. The Morgan fingerprint density at radius 2 is 2.06 bits per heavy atom. The van der Waals surface area contributed by atoms with Gasteiger partial charge in [-0.25, -0.2) is 4.98 Å². The Bertz CT molecular complexity index is 578. The molecule has 2 aromatic rings. The van der Waals surface area contributed by atoms with Crippen molar-refractivity contribution in [2.45, 2.75) is 12.7 Å². The van der Waals surface area contributed by atoms with E-state index in [0.717, 1.165) is 11.3 Å². The minimum Gasteiger partial charge on any atom is -0.399 e. The minimum absolute atomic E-state index is 0.122. The molecule has 1 aromatic carbocycles. The van der Waals surface area contributed by atoms with E-state index in [1.165, 1.54) is 6.07 Å². The maximum absolute atomic E-state index is 11.6. The molecule has 0 aliphatic rings. The molecule has 94 valence electrons. The lowest BCUT2D eigenvalue weighted by molar-refractivity contribution is 1.01. The van der Waals surface area contributed by atoms with E-state index in [1.54, 1.807) is 23.9 Å². The Morgan fingerprint density at radius 1 is 1.33 bits per heavy atom. The number of nitrogens with two attached hydrogens (primary N) is 1. The number of H-pyrrole nitrogens is 1. The number of aromatic amines is 1. The molecule has 0 fully saturated rings. The third kappa shape index (κ3) is 3.13. The average molecular weight is 261 g/mol. The van der Waals surface area contributed by atoms with E-state index in [9.17, 15) is 4.79 Å². The van der Waals surface area contributed by atoms with E-state index < -0.39 is 0 Å². The van der Waals surface area contributed by atoms with Crippen LogP contribution in [0.25, 0.3) is 11.3 Å². The normalized spacial score (nSPS) is 10.5. The highest BCUT2D eigenvalue weighted by Crippen LogP contribution is 2.17. The summed E-state index contributed by atoms with van der Waals surface area (Å²) in [7, 11) is 0. The van der Waals surface area contributed by atoms with Crippen LogP contribution in [-0.4, -0.2) is 15.7 Å². The summed E-state index contributed by atoms with van der Waals surface area (Å²) in [6.45, 7) is 2.08. The number of nitrogen functional groups attached to an aromatic ring is 1. The Morgan fingerprint density at radius 3 is 2.72 bits per heavy atom. The van der Waals surface area contributed by atoms with Crippen molar-refractivity contribution >= 4 is 17.4 Å². The molecule has 0 saturated heterocycles. The van der Waals surface area contributed by atoms with Crippen LogP contribution in [0.4, 0.5) is 5.69 Å². The largest absolute Gasteiger partial charge is 0.399 e. The molecule has 4 nitrogen and oxygen atoms in total. The monoisotopic (exact) mass is 261 g/mol. The Kier molecular flexibility index (Phi) is 4.04. The average Bonchev–Trinajstić information content (AvgIpc) is 2.36. The van der Waals surface area contributed by atoms with E-state index in [0.29, 0.717) is 23.0 Å². The Labute approximate surface area is 110 Å². The van der Waals surface area contributed by atoms with E-state index in [-0.39, 0.29) is 5.56 Å². The van der Waals surface area contributed by atoms with Crippen LogP contribution < -0.4 is 11.3 Å². The van der Waals surface area contributed by atoms with E-state index in [1.807, 2.05) is 12.1 Å². The van der Waals surface area contributed by atoms with E-state index in [4.69, 9.17) is 5.73 Å². The lowest BCUT2D eigenvalue weighted by Crippen LogP contribution is -2.10. The second kappa shape index (κ2) is 5.73. The van der Waals surface area contributed by atoms with Crippen molar-refractivity contribution in [2.75, 3.05) is 11.5 Å². The van der Waals surface area contributed by atoms with Gasteiger partial charge in [0.2, 0.25) is 0 Å². The first-order valence-corrected chi connectivity index (χ1v) is 6.88. The number of nitrogens with one attached hydrogen (secondary N) is 1. The fraction of sp³-hybridized carbons (Fsp3) is 0.231. The second-order valence-corrected chi connectivity index (χ2v) is 5.11. The maximum atomic E-state index is 11.6. The number of aromatic nitrogens is 2. The Balaban J connectivity index is 2.35. The van der Waals surface area contributed by atoms with Gasteiger partial charge < -0.3 is 10.7 Å². The van der Waals surface area contributed by atoms with E-state index >= 15 is 0 Å². The molecule has 0 aliphatic carbocycles. The molecule has 0 unspecified atom stereocenters. The number of hydrogen-bond acceptors (Lipinski definition) is 4. The minimum atomic E-state index is -0.122. The standard InChI is InChI=1S/C13H15N3OS/c1-2-18-8-12-15-11(7-13(17)16-12)9-3-5-10(14)6-4-9/h3-7H,2,8,14H2,1H3,(H,15,16,17). The summed E-state index contributed by atoms with van der Waals surface area (Å²) in [6, 6.07) is 8.85. The fourth-order valence-corrected chi connectivity index (χ4v) is 2.11. The molecule has 18 heavy (non-hydrogen) atoms. The predicted octanol–water partition coefficient (Wildman–Crippen LogP) is 2.27. The third-order valence-corrected chi connectivity index (χ3v) is 3.33. The molecule has 1 heterocycles. The van der Waals surface area contributed by atoms with Gasteiger partial charge in [-0.2, -0.15) is 11.8 Å². The van der Waals surface area contributed by atoms with Gasteiger partial charge in [-0.1, -0.05) is 19.1 Å². The van der Waals surface area contributed by atoms with Gasteiger partial charge in [0.15, 0.2) is 0 Å². The van der Waals surface area contributed by atoms with Crippen molar-refractivity contribution in [3.63, 3.8) is 0 Å². The lowest BCUT2D eigenvalue weighted by Gasteiger charge is -2.04. The number of hydrogen-bond donors (Lipinski definition) is 2. The summed E-state index contributed by atoms with van der Waals surface area (Å²) in [4.78, 5) is 18.8. The molecule has 5 heteroatoms. The van der Waals surface area contributed by atoms with Crippen LogP contribution >= 0.6 is 11.8 Å². The van der Waals surface area contributed by atoms with Crippen LogP contribution in [0.3, 0.4) is 0 Å². The van der Waals surface area contributed by atoms with Crippen LogP contribution in [0.2, 0.25) is 0 Å². The summed E-state index contributed by atoms with van der Waals surface area (Å²) < 4.78 is 0. The summed E-state index contributed by atoms with van der Waals surface area (Å²) in [5.41, 5.74) is 7.80. The summed E-state index contributed by atoms with van der Waals surface area (Å²) >= 11 is 1.72. The highest BCUT2D eigenvalue weighted by molar-refractivity contribution is 7.98. The number of thioether (sulfide) groups is 1. The van der Waals surface area contributed by atoms with Gasteiger partial charge in [-0.15, -0.1) is 0 Å². The van der Waals surface area contributed by atoms with E-state index in [2.05, 4.69) is 16.9 Å². The molecule has 0 saturated carbocycles. The molecule has 2 rings (SSSR count). The topological polar surface area (TPSA) is 71.8 Å². The van der Waals surface area contributed by atoms with Crippen LogP contribution in [0.5, 0.6) is 0 Å². The van der Waals surface area contributed by atoms with Crippen molar-refractivity contribution in [3.8, 4) is 11.3 Å². The smallest absolute Gasteiger partial charge is 0.251 e. The highest BCUT2D eigenvalue weighted by atomic mass is 32.2. The van der Waals surface area contributed by atoms with Crippen LogP contribution in [0, 0.1) is 0 Å². The van der Waals surface area contributed by atoms with Crippen LogP contribution in [-0.2, 0) is 5.75 Å². The second-order valence-electron chi connectivity index (χ2n) is 3.84. The lowest BCUT2D eigenvalue weighted by atomic mass is 10.1. The first-order valence-electron chi connectivity index (χ1n) is 5.73. The molecule has 0 amide bonds. The summed E-state index contributed by atoms with van der Waals surface area (Å²) in [5, 5.41) is 0. The molecule has 0 radical (unpaired) electrons. The van der Waals surface area contributed by atoms with Gasteiger partial charge in [0, 0.05) is 17.3 Å². The van der Waals surface area contributed by atoms with Gasteiger partial charge in [-0.05, 0) is 17.9 Å². The molecule has 0 aliphatic heterocycles. The van der Waals surface area contributed by atoms with Gasteiger partial charge in [0.1, 0.15) is 5.82 Å². The first-order chi connectivity index (χ1) is 8.69. The number of benzene rings is 1. The van der Waals surface area contributed by atoms with Crippen molar-refractivity contribution < 1.29 is 0 Å². The summed E-state index contributed by atoms with van der Waals surface area (Å²) in [6.07, 6.45) is 0. The van der Waals surface area contributed by atoms with Crippen LogP contribution in [0.15, 0.2) is 35.1 Å². The number of nitrogens with zero attached hydrogens (tertiary/aromatic N) is 1. The Hall–Kier alpha value is -1.75. The van der Waals surface area contributed by atoms with Crippen LogP contribution in [0.1, 0.15) is 12.7 Å². The zero-order chi connectivity index (χ0) is 13.0.